The Bertz CT molecular complexity index is 482. The van der Waals surface area contributed by atoms with Crippen LogP contribution < -0.4 is 20.1 Å². The summed E-state index contributed by atoms with van der Waals surface area (Å²) in [7, 11) is 3.17. The molecule has 1 aromatic carbocycles. The van der Waals surface area contributed by atoms with Crippen LogP contribution >= 0.6 is 0 Å². The van der Waals surface area contributed by atoms with E-state index in [1.165, 1.54) is 0 Å². The highest BCUT2D eigenvalue weighted by atomic mass is 16.5. The molecule has 0 spiro atoms. The first kappa shape index (κ1) is 14.7. The molecule has 110 valence electrons. The zero-order chi connectivity index (χ0) is 14.6. The van der Waals surface area contributed by atoms with E-state index in [4.69, 9.17) is 9.47 Å². The molecule has 5 heteroatoms. The maximum absolute atomic E-state index is 12.5. The summed E-state index contributed by atoms with van der Waals surface area (Å²) in [5.74, 6) is 1.26. The fraction of sp³-hybridized carbons (Fsp3) is 0.533. The zero-order valence-electron chi connectivity index (χ0n) is 12.3. The van der Waals surface area contributed by atoms with Crippen molar-refractivity contribution in [2.75, 3.05) is 26.1 Å². The molecule has 1 aromatic rings. The lowest BCUT2D eigenvalue weighted by molar-refractivity contribution is -0.122. The molecular weight excluding hydrogens is 256 g/mol. The van der Waals surface area contributed by atoms with Crippen LogP contribution in [0.3, 0.4) is 0 Å². The average Bonchev–Trinajstić information content (AvgIpc) is 2.48. The van der Waals surface area contributed by atoms with Crippen molar-refractivity contribution in [1.82, 2.24) is 5.32 Å². The normalized spacial score (nSPS) is 22.1. The van der Waals surface area contributed by atoms with Gasteiger partial charge in [0.25, 0.3) is 0 Å². The van der Waals surface area contributed by atoms with Gasteiger partial charge in [-0.2, -0.15) is 0 Å². The van der Waals surface area contributed by atoms with Gasteiger partial charge in [-0.3, -0.25) is 4.79 Å². The van der Waals surface area contributed by atoms with Crippen LogP contribution in [0.1, 0.15) is 26.2 Å². The minimum absolute atomic E-state index is 0.0272. The van der Waals surface area contributed by atoms with Crippen LogP contribution in [0.25, 0.3) is 0 Å². The predicted octanol–water partition coefficient (Wildman–Crippen LogP) is 2.17. The third-order valence-corrected chi connectivity index (χ3v) is 3.78. The second-order valence-electron chi connectivity index (χ2n) is 5.24. The molecule has 1 heterocycles. The maximum atomic E-state index is 12.5. The molecule has 1 saturated heterocycles. The quantitative estimate of drug-likeness (QED) is 0.886. The van der Waals surface area contributed by atoms with Crippen molar-refractivity contribution in [3.63, 3.8) is 0 Å². The second kappa shape index (κ2) is 6.13. The molecule has 20 heavy (non-hydrogen) atoms. The van der Waals surface area contributed by atoms with E-state index in [-0.39, 0.29) is 5.91 Å². The summed E-state index contributed by atoms with van der Waals surface area (Å²) in [6.07, 6.45) is 3.03. The summed E-state index contributed by atoms with van der Waals surface area (Å²) in [4.78, 5) is 12.5. The van der Waals surface area contributed by atoms with Crippen LogP contribution in [0.2, 0.25) is 0 Å². The predicted molar refractivity (Wildman–Crippen MR) is 78.4 cm³/mol. The van der Waals surface area contributed by atoms with Crippen LogP contribution in [0.5, 0.6) is 11.5 Å². The van der Waals surface area contributed by atoms with Gasteiger partial charge in [-0.1, -0.05) is 0 Å². The number of piperidine rings is 1. The fourth-order valence-corrected chi connectivity index (χ4v) is 2.41. The van der Waals surface area contributed by atoms with Crippen molar-refractivity contribution in [2.24, 2.45) is 0 Å². The highest BCUT2D eigenvalue weighted by Gasteiger charge is 2.34. The Balaban J connectivity index is 2.14. The summed E-state index contributed by atoms with van der Waals surface area (Å²) in [6.45, 7) is 2.82. The molecule has 0 bridgehead atoms. The van der Waals surface area contributed by atoms with Crippen molar-refractivity contribution in [1.29, 1.82) is 0 Å². The summed E-state index contributed by atoms with van der Waals surface area (Å²) in [5.41, 5.74) is 0.148. The first-order valence-corrected chi connectivity index (χ1v) is 6.87. The Morgan fingerprint density at radius 3 is 2.70 bits per heavy atom. The van der Waals surface area contributed by atoms with Gasteiger partial charge in [0.2, 0.25) is 5.91 Å². The van der Waals surface area contributed by atoms with Gasteiger partial charge < -0.3 is 20.1 Å². The van der Waals surface area contributed by atoms with E-state index in [2.05, 4.69) is 10.6 Å². The fourth-order valence-electron chi connectivity index (χ4n) is 2.41. The van der Waals surface area contributed by atoms with E-state index in [1.54, 1.807) is 32.4 Å². The number of methoxy groups -OCH3 is 2. The number of hydrogen-bond donors (Lipinski definition) is 2. The Labute approximate surface area is 119 Å². The largest absolute Gasteiger partial charge is 0.497 e. The number of amides is 1. The highest BCUT2D eigenvalue weighted by molar-refractivity contribution is 5.99. The molecule has 0 saturated carbocycles. The van der Waals surface area contributed by atoms with Gasteiger partial charge in [0.05, 0.1) is 25.4 Å². The molecule has 1 fully saturated rings. The number of rotatable bonds is 4. The van der Waals surface area contributed by atoms with Gasteiger partial charge in [0.15, 0.2) is 0 Å². The van der Waals surface area contributed by atoms with Crippen molar-refractivity contribution in [2.45, 2.75) is 31.7 Å². The molecule has 1 unspecified atom stereocenters. The number of hydrogen-bond acceptors (Lipinski definition) is 4. The molecule has 0 aliphatic carbocycles. The number of carbonyl (C=O) groups is 1. The topological polar surface area (TPSA) is 59.6 Å². The summed E-state index contributed by atoms with van der Waals surface area (Å²) < 4.78 is 10.4. The zero-order valence-corrected chi connectivity index (χ0v) is 12.3. The summed E-state index contributed by atoms with van der Waals surface area (Å²) in [5, 5.41) is 6.24. The van der Waals surface area contributed by atoms with Crippen molar-refractivity contribution in [3.8, 4) is 11.5 Å². The van der Waals surface area contributed by atoms with Crippen molar-refractivity contribution in [3.05, 3.63) is 18.2 Å². The standard InChI is InChI=1S/C15H22N2O3/c1-15(8-4-5-9-16-15)14(18)17-12-7-6-11(19-2)10-13(12)20-3/h6-7,10,16H,4-5,8-9H2,1-3H3,(H,17,18). The van der Waals surface area contributed by atoms with Gasteiger partial charge in [0.1, 0.15) is 11.5 Å². The van der Waals surface area contributed by atoms with E-state index in [0.717, 1.165) is 25.8 Å². The molecule has 0 radical (unpaired) electrons. The average molecular weight is 278 g/mol. The third-order valence-electron chi connectivity index (χ3n) is 3.78. The van der Waals surface area contributed by atoms with Crippen molar-refractivity contribution < 1.29 is 14.3 Å². The minimum Gasteiger partial charge on any atom is -0.497 e. The van der Waals surface area contributed by atoms with Gasteiger partial charge in [0, 0.05) is 6.07 Å². The first-order chi connectivity index (χ1) is 9.59. The van der Waals surface area contributed by atoms with Crippen LogP contribution in [0, 0.1) is 0 Å². The molecule has 5 nitrogen and oxygen atoms in total. The molecule has 1 aliphatic rings. The number of carbonyl (C=O) groups excluding carboxylic acids is 1. The van der Waals surface area contributed by atoms with E-state index in [0.29, 0.717) is 17.2 Å². The first-order valence-electron chi connectivity index (χ1n) is 6.87. The molecule has 0 aromatic heterocycles. The highest BCUT2D eigenvalue weighted by Crippen LogP contribution is 2.30. The molecule has 1 amide bonds. The number of ether oxygens (including phenoxy) is 2. The van der Waals surface area contributed by atoms with E-state index in [9.17, 15) is 4.79 Å². The van der Waals surface area contributed by atoms with E-state index >= 15 is 0 Å². The van der Waals surface area contributed by atoms with Crippen LogP contribution in [-0.4, -0.2) is 32.2 Å². The Morgan fingerprint density at radius 2 is 2.10 bits per heavy atom. The van der Waals surface area contributed by atoms with Crippen LogP contribution in [0.4, 0.5) is 5.69 Å². The van der Waals surface area contributed by atoms with E-state index in [1.807, 2.05) is 6.92 Å². The number of anilines is 1. The lowest BCUT2D eigenvalue weighted by atomic mass is 9.90. The van der Waals surface area contributed by atoms with Gasteiger partial charge in [-0.25, -0.2) is 0 Å². The van der Waals surface area contributed by atoms with Gasteiger partial charge in [-0.05, 0) is 44.9 Å². The minimum atomic E-state index is -0.511. The SMILES string of the molecule is COc1ccc(NC(=O)C2(C)CCCCN2)c(OC)c1. The third kappa shape index (κ3) is 3.04. The van der Waals surface area contributed by atoms with Gasteiger partial charge >= 0.3 is 0 Å². The Hall–Kier alpha value is -1.75. The van der Waals surface area contributed by atoms with Crippen LogP contribution in [0.15, 0.2) is 18.2 Å². The second-order valence-corrected chi connectivity index (χ2v) is 5.24. The molecule has 1 aliphatic heterocycles. The summed E-state index contributed by atoms with van der Waals surface area (Å²) in [6, 6.07) is 5.35. The molecule has 2 rings (SSSR count). The summed E-state index contributed by atoms with van der Waals surface area (Å²) >= 11 is 0. The Kier molecular flexibility index (Phi) is 4.49. The van der Waals surface area contributed by atoms with Gasteiger partial charge in [-0.15, -0.1) is 0 Å². The number of benzene rings is 1. The monoisotopic (exact) mass is 278 g/mol. The maximum Gasteiger partial charge on any atom is 0.244 e. The van der Waals surface area contributed by atoms with Crippen LogP contribution in [-0.2, 0) is 4.79 Å². The molecule has 2 N–H and O–H groups in total. The smallest absolute Gasteiger partial charge is 0.244 e. The van der Waals surface area contributed by atoms with E-state index < -0.39 is 5.54 Å². The molecule has 1 atom stereocenters. The van der Waals surface area contributed by atoms with Crippen molar-refractivity contribution >= 4 is 11.6 Å². The Morgan fingerprint density at radius 1 is 1.30 bits per heavy atom. The number of nitrogens with one attached hydrogen (secondary N) is 2. The molecular formula is C15H22N2O3. The lowest BCUT2D eigenvalue weighted by Crippen LogP contribution is -2.54. The lowest BCUT2D eigenvalue weighted by Gasteiger charge is -2.33.